The predicted octanol–water partition coefficient (Wildman–Crippen LogP) is 5.23. The van der Waals surface area contributed by atoms with Crippen LogP contribution in [0.25, 0.3) is 0 Å². The average Bonchev–Trinajstić information content (AvgIpc) is 2.87. The maximum Gasteiger partial charge on any atom is 0.283 e. The zero-order valence-electron chi connectivity index (χ0n) is 13.7. The lowest BCUT2D eigenvalue weighted by Gasteiger charge is -2.17. The number of nitrogens with one attached hydrogen (secondary N) is 1. The van der Waals surface area contributed by atoms with Crippen molar-refractivity contribution in [3.05, 3.63) is 45.7 Å². The number of hydrogen-bond donors (Lipinski definition) is 1. The van der Waals surface area contributed by atoms with Crippen LogP contribution in [0.2, 0.25) is 5.02 Å². The summed E-state index contributed by atoms with van der Waals surface area (Å²) in [4.78, 5) is 12.4. The first kappa shape index (κ1) is 19.2. The molecule has 0 aliphatic heterocycles. The Hall–Kier alpha value is -2.09. The van der Waals surface area contributed by atoms with Crippen LogP contribution in [0.3, 0.4) is 0 Å². The number of anilines is 1. The molecule has 0 saturated heterocycles. The fourth-order valence-corrected chi connectivity index (χ4v) is 2.72. The molecule has 1 N–H and O–H groups in total. The zero-order valence-corrected chi connectivity index (χ0v) is 14.4. The molecule has 0 aliphatic rings. The minimum Gasteiger partial charge on any atom is -0.324 e. The highest BCUT2D eigenvalue weighted by Gasteiger charge is 2.32. The molecule has 2 rings (SSSR count). The van der Waals surface area contributed by atoms with E-state index in [0.717, 1.165) is 11.1 Å². The minimum atomic E-state index is -3.15. The fourth-order valence-electron chi connectivity index (χ4n) is 2.43. The lowest BCUT2D eigenvalue weighted by molar-refractivity contribution is -0.119. The maximum absolute atomic E-state index is 13.2. The predicted molar refractivity (Wildman–Crippen MR) is 86.4 cm³/mol. The zero-order chi connectivity index (χ0) is 18.9. The van der Waals surface area contributed by atoms with Crippen molar-refractivity contribution in [2.45, 2.75) is 39.7 Å². The number of para-hydroxylation sites is 1. The quantitative estimate of drug-likeness (QED) is 0.725. The van der Waals surface area contributed by atoms with Crippen LogP contribution in [0.1, 0.15) is 48.3 Å². The number of hydrogen-bond acceptors (Lipinski definition) is 2. The summed E-state index contributed by atoms with van der Waals surface area (Å²) in [5, 5.41) is 5.23. The van der Waals surface area contributed by atoms with Crippen molar-refractivity contribution >= 4 is 23.2 Å². The Bertz CT molecular complexity index is 772. The summed E-state index contributed by atoms with van der Waals surface area (Å²) in [7, 11) is 0. The number of halogens is 5. The number of alkyl halides is 4. The molecule has 1 aromatic heterocycles. The Kier molecular flexibility index (Phi) is 5.72. The second-order valence-corrected chi connectivity index (χ2v) is 5.94. The maximum atomic E-state index is 13.2. The first-order valence-corrected chi connectivity index (χ1v) is 7.74. The second kappa shape index (κ2) is 7.43. The molecule has 1 amide bonds. The standard InChI is InChI=1S/C16H16ClF4N3O/c1-7-5-4-6-8(2)11(7)22-16(25)9(3)24-13(15(20)21)10(17)12(23-24)14(18)19/h4-6,9,14-15H,1-3H3,(H,22,25). The SMILES string of the molecule is Cc1cccc(C)c1NC(=O)C(C)n1nc(C(F)F)c(Cl)c1C(F)F. The summed E-state index contributed by atoms with van der Waals surface area (Å²) in [6.45, 7) is 4.84. The number of benzene rings is 1. The third-order valence-electron chi connectivity index (χ3n) is 3.80. The number of carbonyl (C=O) groups is 1. The molecular weight excluding hydrogens is 362 g/mol. The van der Waals surface area contributed by atoms with E-state index in [2.05, 4.69) is 10.4 Å². The number of carbonyl (C=O) groups excluding carboxylic acids is 1. The molecule has 1 unspecified atom stereocenters. The van der Waals surface area contributed by atoms with Crippen molar-refractivity contribution in [3.8, 4) is 0 Å². The molecule has 4 nitrogen and oxygen atoms in total. The van der Waals surface area contributed by atoms with E-state index >= 15 is 0 Å². The Morgan fingerprint density at radius 1 is 1.16 bits per heavy atom. The molecule has 0 aliphatic carbocycles. The van der Waals surface area contributed by atoms with Gasteiger partial charge in [-0.3, -0.25) is 4.79 Å². The third kappa shape index (κ3) is 3.78. The van der Waals surface area contributed by atoms with Gasteiger partial charge in [-0.05, 0) is 31.9 Å². The van der Waals surface area contributed by atoms with E-state index in [1.54, 1.807) is 32.0 Å². The van der Waals surface area contributed by atoms with Crippen LogP contribution in [0.4, 0.5) is 23.2 Å². The minimum absolute atomic E-state index is 0.533. The molecule has 2 aromatic rings. The van der Waals surface area contributed by atoms with E-state index in [0.29, 0.717) is 10.4 Å². The van der Waals surface area contributed by atoms with E-state index in [1.165, 1.54) is 6.92 Å². The Morgan fingerprint density at radius 3 is 2.20 bits per heavy atom. The van der Waals surface area contributed by atoms with Gasteiger partial charge in [-0.1, -0.05) is 29.8 Å². The molecule has 1 aromatic carbocycles. The third-order valence-corrected chi connectivity index (χ3v) is 4.19. The highest BCUT2D eigenvalue weighted by molar-refractivity contribution is 6.32. The van der Waals surface area contributed by atoms with E-state index in [9.17, 15) is 22.4 Å². The highest BCUT2D eigenvalue weighted by atomic mass is 35.5. The van der Waals surface area contributed by atoms with E-state index in [1.807, 2.05) is 0 Å². The number of aromatic nitrogens is 2. The van der Waals surface area contributed by atoms with Gasteiger partial charge in [0.15, 0.2) is 0 Å². The number of amides is 1. The Labute approximate surface area is 146 Å². The van der Waals surface area contributed by atoms with Gasteiger partial charge >= 0.3 is 0 Å². The fraction of sp³-hybridized carbons (Fsp3) is 0.375. The molecule has 1 heterocycles. The van der Waals surface area contributed by atoms with Crippen molar-refractivity contribution < 1.29 is 22.4 Å². The summed E-state index contributed by atoms with van der Waals surface area (Å²) in [5.41, 5.74) is 0.220. The number of rotatable bonds is 5. The molecule has 0 saturated carbocycles. The molecule has 1 atom stereocenters. The first-order valence-electron chi connectivity index (χ1n) is 7.36. The highest BCUT2D eigenvalue weighted by Crippen LogP contribution is 2.36. The summed E-state index contributed by atoms with van der Waals surface area (Å²) < 4.78 is 52.8. The number of aryl methyl sites for hydroxylation is 2. The molecule has 0 radical (unpaired) electrons. The molecule has 9 heteroatoms. The summed E-state index contributed by atoms with van der Waals surface area (Å²) in [6.07, 6.45) is -6.27. The van der Waals surface area contributed by atoms with Gasteiger partial charge in [-0.15, -0.1) is 0 Å². The van der Waals surface area contributed by atoms with E-state index < -0.39 is 41.2 Å². The Morgan fingerprint density at radius 2 is 1.72 bits per heavy atom. The van der Waals surface area contributed by atoms with Crippen LogP contribution >= 0.6 is 11.6 Å². The van der Waals surface area contributed by atoms with Crippen molar-refractivity contribution in [1.29, 1.82) is 0 Å². The van der Waals surface area contributed by atoms with Gasteiger partial charge in [0.2, 0.25) is 5.91 Å². The van der Waals surface area contributed by atoms with Crippen LogP contribution in [0, 0.1) is 13.8 Å². The molecular formula is C16H16ClF4N3O. The van der Waals surface area contributed by atoms with Crippen LogP contribution in [0.5, 0.6) is 0 Å². The molecule has 0 bridgehead atoms. The summed E-state index contributed by atoms with van der Waals surface area (Å²) >= 11 is 5.60. The topological polar surface area (TPSA) is 46.9 Å². The largest absolute Gasteiger partial charge is 0.324 e. The van der Waals surface area contributed by atoms with Gasteiger partial charge in [0.05, 0.1) is 5.02 Å². The molecule has 25 heavy (non-hydrogen) atoms. The van der Waals surface area contributed by atoms with Gasteiger partial charge in [0.25, 0.3) is 12.9 Å². The summed E-state index contributed by atoms with van der Waals surface area (Å²) in [6, 6.07) is 4.10. The normalized spacial score (nSPS) is 12.7. The second-order valence-electron chi connectivity index (χ2n) is 5.56. The van der Waals surface area contributed by atoms with Gasteiger partial charge < -0.3 is 5.32 Å². The van der Waals surface area contributed by atoms with Gasteiger partial charge in [0, 0.05) is 5.69 Å². The van der Waals surface area contributed by atoms with Crippen LogP contribution < -0.4 is 5.32 Å². The van der Waals surface area contributed by atoms with Crippen LogP contribution in [-0.4, -0.2) is 15.7 Å². The van der Waals surface area contributed by atoms with Gasteiger partial charge in [-0.2, -0.15) is 5.10 Å². The van der Waals surface area contributed by atoms with Crippen molar-refractivity contribution in [1.82, 2.24) is 9.78 Å². The first-order chi connectivity index (χ1) is 11.6. The van der Waals surface area contributed by atoms with Crippen LogP contribution in [0.15, 0.2) is 18.2 Å². The van der Waals surface area contributed by atoms with E-state index in [-0.39, 0.29) is 0 Å². The average molecular weight is 378 g/mol. The lowest BCUT2D eigenvalue weighted by Crippen LogP contribution is -2.26. The van der Waals surface area contributed by atoms with Crippen molar-refractivity contribution in [2.75, 3.05) is 5.32 Å². The number of nitrogens with zero attached hydrogens (tertiary/aromatic N) is 2. The van der Waals surface area contributed by atoms with Gasteiger partial charge in [-0.25, -0.2) is 22.2 Å². The van der Waals surface area contributed by atoms with Gasteiger partial charge in [0.1, 0.15) is 17.4 Å². The summed E-state index contributed by atoms with van der Waals surface area (Å²) in [5.74, 6) is -0.667. The smallest absolute Gasteiger partial charge is 0.283 e. The molecule has 136 valence electrons. The Balaban J connectivity index is 2.38. The monoisotopic (exact) mass is 377 g/mol. The molecule has 0 fully saturated rings. The van der Waals surface area contributed by atoms with Crippen molar-refractivity contribution in [3.63, 3.8) is 0 Å². The van der Waals surface area contributed by atoms with Crippen molar-refractivity contribution in [2.24, 2.45) is 0 Å². The lowest BCUT2D eigenvalue weighted by atomic mass is 10.1. The van der Waals surface area contributed by atoms with Crippen LogP contribution in [-0.2, 0) is 4.79 Å². The molecule has 0 spiro atoms. The van der Waals surface area contributed by atoms with E-state index in [4.69, 9.17) is 11.6 Å².